The molecule has 0 bridgehead atoms. The molecule has 0 atom stereocenters. The third kappa shape index (κ3) is 2.57. The average Bonchev–Trinajstić information content (AvgIpc) is 2.79. The molecule has 2 rings (SSSR count). The first-order chi connectivity index (χ1) is 8.65. The number of ketones is 1. The zero-order valence-corrected chi connectivity index (χ0v) is 11.9. The van der Waals surface area contributed by atoms with Crippen molar-refractivity contribution in [2.24, 2.45) is 0 Å². The lowest BCUT2D eigenvalue weighted by Crippen LogP contribution is -2.05. The molecule has 1 heterocycles. The van der Waals surface area contributed by atoms with Crippen LogP contribution in [0.25, 0.3) is 0 Å². The first kappa shape index (κ1) is 13.1. The Morgan fingerprint density at radius 3 is 2.50 bits per heavy atom. The smallest absolute Gasteiger partial charge is 0.211 e. The van der Waals surface area contributed by atoms with Gasteiger partial charge in [-0.1, -0.05) is 6.92 Å². The second-order valence-electron chi connectivity index (χ2n) is 3.84. The number of nitrogens with one attached hydrogen (secondary N) is 2. The molecular formula is C13H14N2OS2. The van der Waals surface area contributed by atoms with E-state index in [1.807, 2.05) is 37.4 Å². The summed E-state index contributed by atoms with van der Waals surface area (Å²) in [7, 11) is 0. The van der Waals surface area contributed by atoms with Crippen LogP contribution in [0.1, 0.15) is 28.7 Å². The van der Waals surface area contributed by atoms with E-state index in [9.17, 15) is 4.79 Å². The van der Waals surface area contributed by atoms with Gasteiger partial charge in [0.1, 0.15) is 5.69 Å². The third-order valence-electron chi connectivity index (χ3n) is 2.74. The van der Waals surface area contributed by atoms with Crippen LogP contribution in [0.5, 0.6) is 0 Å². The Hall–Kier alpha value is -1.33. The number of aromatic nitrogens is 2. The number of imidazole rings is 1. The molecule has 0 aliphatic rings. The summed E-state index contributed by atoms with van der Waals surface area (Å²) < 4.78 is 0.496. The Morgan fingerprint density at radius 1 is 1.28 bits per heavy atom. The van der Waals surface area contributed by atoms with E-state index >= 15 is 0 Å². The fraction of sp³-hybridized carbons (Fsp3) is 0.231. The van der Waals surface area contributed by atoms with Crippen molar-refractivity contribution in [1.29, 1.82) is 0 Å². The van der Waals surface area contributed by atoms with Gasteiger partial charge in [0, 0.05) is 16.2 Å². The zero-order chi connectivity index (χ0) is 13.1. The molecule has 0 radical (unpaired) electrons. The van der Waals surface area contributed by atoms with Gasteiger partial charge in [-0.3, -0.25) is 4.79 Å². The van der Waals surface area contributed by atoms with E-state index in [1.165, 1.54) is 0 Å². The van der Waals surface area contributed by atoms with Crippen LogP contribution in [-0.4, -0.2) is 22.0 Å². The van der Waals surface area contributed by atoms with Crippen LogP contribution < -0.4 is 0 Å². The number of thioether (sulfide) groups is 1. The van der Waals surface area contributed by atoms with Gasteiger partial charge in [0.05, 0.1) is 0 Å². The zero-order valence-electron chi connectivity index (χ0n) is 10.2. The molecule has 18 heavy (non-hydrogen) atoms. The average molecular weight is 278 g/mol. The molecule has 5 heteroatoms. The molecule has 0 unspecified atom stereocenters. The highest BCUT2D eigenvalue weighted by molar-refractivity contribution is 7.98. The summed E-state index contributed by atoms with van der Waals surface area (Å²) in [5, 5.41) is 0. The fourth-order valence-corrected chi connectivity index (χ4v) is 2.40. The molecule has 2 aromatic rings. The molecule has 0 fully saturated rings. The second kappa shape index (κ2) is 5.54. The second-order valence-corrected chi connectivity index (χ2v) is 5.13. The molecule has 1 aromatic heterocycles. The summed E-state index contributed by atoms with van der Waals surface area (Å²) in [4.78, 5) is 19.4. The molecular weight excluding hydrogens is 264 g/mol. The standard InChI is InChI=1S/C13H14N2OS2/c1-3-10-11(15-13(17)14-10)12(16)8-4-6-9(18-2)7-5-8/h4-7H,3H2,1-2H3,(H2,14,15,17). The summed E-state index contributed by atoms with van der Waals surface area (Å²) in [6, 6.07) is 7.59. The maximum Gasteiger partial charge on any atom is 0.211 e. The van der Waals surface area contributed by atoms with E-state index in [-0.39, 0.29) is 5.78 Å². The van der Waals surface area contributed by atoms with Crippen LogP contribution in [0.4, 0.5) is 0 Å². The predicted octanol–water partition coefficient (Wildman–Crippen LogP) is 3.59. The van der Waals surface area contributed by atoms with Crippen LogP contribution in [-0.2, 0) is 6.42 Å². The number of carbonyl (C=O) groups is 1. The number of rotatable bonds is 4. The minimum absolute atomic E-state index is 0.0214. The fourth-order valence-electron chi connectivity index (χ4n) is 1.77. The van der Waals surface area contributed by atoms with E-state index in [0.29, 0.717) is 16.0 Å². The molecule has 94 valence electrons. The van der Waals surface area contributed by atoms with Gasteiger partial charge in [-0.2, -0.15) is 0 Å². The topological polar surface area (TPSA) is 48.6 Å². The van der Waals surface area contributed by atoms with Crippen molar-refractivity contribution >= 4 is 29.8 Å². The maximum atomic E-state index is 12.3. The van der Waals surface area contributed by atoms with Gasteiger partial charge < -0.3 is 9.97 Å². The third-order valence-corrected chi connectivity index (χ3v) is 3.69. The Bertz CT molecular complexity index is 611. The largest absolute Gasteiger partial charge is 0.334 e. The number of benzene rings is 1. The van der Waals surface area contributed by atoms with Crippen LogP contribution in [0.3, 0.4) is 0 Å². The molecule has 0 saturated heterocycles. The summed E-state index contributed by atoms with van der Waals surface area (Å²) in [6.07, 6.45) is 2.76. The number of hydrogen-bond donors (Lipinski definition) is 2. The van der Waals surface area contributed by atoms with Crippen LogP contribution >= 0.6 is 24.0 Å². The van der Waals surface area contributed by atoms with E-state index in [4.69, 9.17) is 12.2 Å². The van der Waals surface area contributed by atoms with Crippen molar-refractivity contribution in [2.45, 2.75) is 18.2 Å². The van der Waals surface area contributed by atoms with E-state index in [1.54, 1.807) is 11.8 Å². The molecule has 0 aliphatic carbocycles. The van der Waals surface area contributed by atoms with Gasteiger partial charge in [0.25, 0.3) is 0 Å². The normalized spacial score (nSPS) is 10.6. The predicted molar refractivity (Wildman–Crippen MR) is 77.0 cm³/mol. The quantitative estimate of drug-likeness (QED) is 0.510. The molecule has 0 amide bonds. The summed E-state index contributed by atoms with van der Waals surface area (Å²) >= 11 is 6.68. The van der Waals surface area contributed by atoms with E-state index in [2.05, 4.69) is 9.97 Å². The first-order valence-electron chi connectivity index (χ1n) is 5.65. The lowest BCUT2D eigenvalue weighted by atomic mass is 10.1. The van der Waals surface area contributed by atoms with Gasteiger partial charge in [0.2, 0.25) is 5.78 Å². The van der Waals surface area contributed by atoms with Crippen molar-refractivity contribution in [3.63, 3.8) is 0 Å². The minimum atomic E-state index is -0.0214. The number of carbonyl (C=O) groups excluding carboxylic acids is 1. The lowest BCUT2D eigenvalue weighted by molar-refractivity contribution is 0.103. The summed E-state index contributed by atoms with van der Waals surface area (Å²) in [5.41, 5.74) is 2.10. The van der Waals surface area contributed by atoms with Crippen molar-refractivity contribution in [3.8, 4) is 0 Å². The molecule has 0 spiro atoms. The highest BCUT2D eigenvalue weighted by atomic mass is 32.2. The maximum absolute atomic E-state index is 12.3. The van der Waals surface area contributed by atoms with E-state index < -0.39 is 0 Å². The Balaban J connectivity index is 2.37. The Labute approximate surface area is 115 Å². The number of hydrogen-bond acceptors (Lipinski definition) is 3. The highest BCUT2D eigenvalue weighted by Crippen LogP contribution is 2.17. The molecule has 1 aromatic carbocycles. The van der Waals surface area contributed by atoms with Crippen LogP contribution in [0.2, 0.25) is 0 Å². The van der Waals surface area contributed by atoms with Crippen molar-refractivity contribution in [1.82, 2.24) is 9.97 Å². The monoisotopic (exact) mass is 278 g/mol. The highest BCUT2D eigenvalue weighted by Gasteiger charge is 2.15. The lowest BCUT2D eigenvalue weighted by Gasteiger charge is -2.02. The number of H-pyrrole nitrogens is 2. The van der Waals surface area contributed by atoms with E-state index in [0.717, 1.165) is 17.0 Å². The Morgan fingerprint density at radius 2 is 1.94 bits per heavy atom. The van der Waals surface area contributed by atoms with Gasteiger partial charge in [-0.15, -0.1) is 11.8 Å². The molecule has 0 saturated carbocycles. The molecule has 2 N–H and O–H groups in total. The first-order valence-corrected chi connectivity index (χ1v) is 7.29. The molecule has 3 nitrogen and oxygen atoms in total. The van der Waals surface area contributed by atoms with Gasteiger partial charge in [-0.25, -0.2) is 0 Å². The van der Waals surface area contributed by atoms with Gasteiger partial charge >= 0.3 is 0 Å². The summed E-state index contributed by atoms with van der Waals surface area (Å²) in [5.74, 6) is -0.0214. The van der Waals surface area contributed by atoms with Crippen LogP contribution in [0.15, 0.2) is 29.2 Å². The Kier molecular flexibility index (Phi) is 4.04. The molecule has 0 aliphatic heterocycles. The SMILES string of the molecule is CCc1[nH]c(=S)[nH]c1C(=O)c1ccc(SC)cc1. The van der Waals surface area contributed by atoms with Gasteiger partial charge in [0.15, 0.2) is 4.77 Å². The minimum Gasteiger partial charge on any atom is -0.334 e. The summed E-state index contributed by atoms with van der Waals surface area (Å²) in [6.45, 7) is 1.99. The van der Waals surface area contributed by atoms with Crippen molar-refractivity contribution < 1.29 is 4.79 Å². The number of aromatic amines is 2. The van der Waals surface area contributed by atoms with Gasteiger partial charge in [-0.05, 0) is 49.2 Å². The van der Waals surface area contributed by atoms with Crippen molar-refractivity contribution in [2.75, 3.05) is 6.26 Å². The number of aryl methyl sites for hydroxylation is 1. The van der Waals surface area contributed by atoms with Crippen LogP contribution in [0, 0.1) is 4.77 Å². The van der Waals surface area contributed by atoms with Crippen molar-refractivity contribution in [3.05, 3.63) is 46.0 Å².